The summed E-state index contributed by atoms with van der Waals surface area (Å²) in [5.41, 5.74) is 2.63. The predicted octanol–water partition coefficient (Wildman–Crippen LogP) is 5.71. The number of carbonyl (C=O) groups excluding carboxylic acids is 1. The molecule has 1 aliphatic heterocycles. The van der Waals surface area contributed by atoms with Gasteiger partial charge in [-0.25, -0.2) is 0 Å². The van der Waals surface area contributed by atoms with Crippen molar-refractivity contribution in [3.63, 3.8) is 0 Å². The van der Waals surface area contributed by atoms with Crippen molar-refractivity contribution in [2.45, 2.75) is 66.3 Å². The molecule has 0 radical (unpaired) electrons. The second-order valence-electron chi connectivity index (χ2n) is 11.0. The van der Waals surface area contributed by atoms with E-state index in [2.05, 4.69) is 76.1 Å². The summed E-state index contributed by atoms with van der Waals surface area (Å²) in [6.45, 7) is 19.6. The molecule has 2 N–H and O–H groups in total. The Balaban J connectivity index is 2.46. The summed E-state index contributed by atoms with van der Waals surface area (Å²) in [5.74, 6) is 0.669. The molecule has 0 fully saturated rings. The van der Waals surface area contributed by atoms with E-state index < -0.39 is 0 Å². The summed E-state index contributed by atoms with van der Waals surface area (Å²) in [4.78, 5) is 13.7. The Hall–Kier alpha value is -2.68. The van der Waals surface area contributed by atoms with Crippen molar-refractivity contribution in [2.75, 3.05) is 26.2 Å². The summed E-state index contributed by atoms with van der Waals surface area (Å²) in [6, 6.07) is 2.23. The van der Waals surface area contributed by atoms with Crippen LogP contribution in [0.4, 0.5) is 0 Å². The van der Waals surface area contributed by atoms with E-state index >= 15 is 0 Å². The Morgan fingerprint density at radius 2 is 2.00 bits per heavy atom. The zero-order valence-corrected chi connectivity index (χ0v) is 22.5. The second kappa shape index (κ2) is 12.9. The Kier molecular flexibility index (Phi) is 10.5. The fraction of sp³-hybridized carbons (Fsp3) is 0.533. The van der Waals surface area contributed by atoms with Crippen molar-refractivity contribution in [2.24, 2.45) is 11.3 Å². The molecule has 2 rings (SSSR count). The van der Waals surface area contributed by atoms with Gasteiger partial charge in [0.1, 0.15) is 12.4 Å². The van der Waals surface area contributed by atoms with Gasteiger partial charge in [0.05, 0.1) is 6.07 Å². The van der Waals surface area contributed by atoms with Crippen molar-refractivity contribution < 1.29 is 9.53 Å². The molecule has 190 valence electrons. The molecule has 0 saturated heterocycles. The van der Waals surface area contributed by atoms with E-state index in [-0.39, 0.29) is 22.7 Å². The molecule has 5 nitrogen and oxygen atoms in total. The maximum Gasteiger partial charge on any atom is 0.185 e. The van der Waals surface area contributed by atoms with Gasteiger partial charge in [0.2, 0.25) is 0 Å². The fourth-order valence-corrected chi connectivity index (χ4v) is 4.09. The normalized spacial score (nSPS) is 28.2. The number of ketones is 1. The number of ether oxygens (including phenoxy) is 1. The predicted molar refractivity (Wildman–Crippen MR) is 145 cm³/mol. The van der Waals surface area contributed by atoms with Crippen molar-refractivity contribution >= 4 is 5.78 Å². The van der Waals surface area contributed by atoms with E-state index in [0.717, 1.165) is 36.4 Å². The maximum atomic E-state index is 13.7. The number of Topliss-reactive ketones (excluding diaryl/α,β-unsaturated/α-hetero) is 1. The van der Waals surface area contributed by atoms with Gasteiger partial charge in [-0.15, -0.1) is 0 Å². The van der Waals surface area contributed by atoms with Crippen molar-refractivity contribution in [3.05, 3.63) is 71.1 Å². The third-order valence-corrected chi connectivity index (χ3v) is 6.27. The summed E-state index contributed by atoms with van der Waals surface area (Å²) in [6.07, 6.45) is 13.9. The van der Waals surface area contributed by atoms with Crippen LogP contribution in [0.25, 0.3) is 0 Å². The summed E-state index contributed by atoms with van der Waals surface area (Å²) in [5, 5.41) is 16.4. The number of allylic oxidation sites excluding steroid dienone is 8. The lowest BCUT2D eigenvalue weighted by atomic mass is 9.76. The Morgan fingerprint density at radius 3 is 2.69 bits per heavy atom. The molecule has 0 spiro atoms. The zero-order chi connectivity index (χ0) is 26.1. The number of rotatable bonds is 4. The average molecular weight is 478 g/mol. The van der Waals surface area contributed by atoms with Crippen molar-refractivity contribution in [3.8, 4) is 6.07 Å². The first-order valence-corrected chi connectivity index (χ1v) is 12.6. The largest absolute Gasteiger partial charge is 0.496 e. The van der Waals surface area contributed by atoms with Gasteiger partial charge in [-0.05, 0) is 63.5 Å². The van der Waals surface area contributed by atoms with Crippen LogP contribution in [-0.2, 0) is 9.53 Å². The highest BCUT2D eigenvalue weighted by molar-refractivity contribution is 6.09. The van der Waals surface area contributed by atoms with E-state index in [0.29, 0.717) is 37.1 Å². The fourth-order valence-electron chi connectivity index (χ4n) is 4.09. The minimum absolute atomic E-state index is 0.0266. The summed E-state index contributed by atoms with van der Waals surface area (Å²) < 4.78 is 6.18. The van der Waals surface area contributed by atoms with Crippen LogP contribution in [0, 0.1) is 22.7 Å². The lowest BCUT2D eigenvalue weighted by Gasteiger charge is -2.31. The van der Waals surface area contributed by atoms with Crippen molar-refractivity contribution in [1.29, 1.82) is 5.26 Å². The van der Waals surface area contributed by atoms with Gasteiger partial charge in [-0.1, -0.05) is 51.7 Å². The van der Waals surface area contributed by atoms with E-state index in [1.807, 2.05) is 19.1 Å². The average Bonchev–Trinajstić information content (AvgIpc) is 2.77. The topological polar surface area (TPSA) is 74.2 Å². The first-order valence-electron chi connectivity index (χ1n) is 12.6. The number of nitriles is 1. The highest BCUT2D eigenvalue weighted by atomic mass is 16.5. The van der Waals surface area contributed by atoms with Crippen LogP contribution in [0.1, 0.15) is 60.8 Å². The van der Waals surface area contributed by atoms with Gasteiger partial charge in [-0.2, -0.15) is 5.26 Å². The van der Waals surface area contributed by atoms with Gasteiger partial charge < -0.3 is 15.4 Å². The number of nitrogens with one attached hydrogen (secondary N) is 2. The number of nitrogens with zero attached hydrogens (tertiary/aromatic N) is 1. The van der Waals surface area contributed by atoms with Crippen LogP contribution in [0.5, 0.6) is 0 Å². The van der Waals surface area contributed by atoms with Crippen LogP contribution < -0.4 is 10.6 Å². The molecule has 1 aliphatic carbocycles. The van der Waals surface area contributed by atoms with Crippen LogP contribution in [0.3, 0.4) is 0 Å². The molecule has 1 unspecified atom stereocenters. The van der Waals surface area contributed by atoms with Gasteiger partial charge >= 0.3 is 0 Å². The molecule has 35 heavy (non-hydrogen) atoms. The molecular formula is C30H43N3O2. The summed E-state index contributed by atoms with van der Waals surface area (Å²) in [7, 11) is 0. The number of hydrogen-bond donors (Lipinski definition) is 2. The molecule has 0 saturated carbocycles. The Bertz CT molecular complexity index is 978. The number of hydrogen-bond acceptors (Lipinski definition) is 5. The summed E-state index contributed by atoms with van der Waals surface area (Å²) >= 11 is 0. The van der Waals surface area contributed by atoms with E-state index in [1.165, 1.54) is 0 Å². The minimum atomic E-state index is -0.306. The molecule has 0 aromatic heterocycles. The van der Waals surface area contributed by atoms with Crippen molar-refractivity contribution in [1.82, 2.24) is 10.6 Å². The quantitative estimate of drug-likeness (QED) is 0.308. The van der Waals surface area contributed by atoms with Crippen LogP contribution in [-0.4, -0.2) is 37.6 Å². The molecule has 1 atom stereocenters. The molecular weight excluding hydrogens is 434 g/mol. The van der Waals surface area contributed by atoms with Crippen LogP contribution >= 0.6 is 0 Å². The smallest absolute Gasteiger partial charge is 0.185 e. The first-order chi connectivity index (χ1) is 16.4. The third kappa shape index (κ3) is 9.12. The third-order valence-electron chi connectivity index (χ3n) is 6.27. The van der Waals surface area contributed by atoms with Gasteiger partial charge in [-0.3, -0.25) is 4.79 Å². The molecule has 2 aliphatic rings. The van der Waals surface area contributed by atoms with Crippen LogP contribution in [0.2, 0.25) is 0 Å². The molecule has 0 aromatic carbocycles. The van der Waals surface area contributed by atoms with Gasteiger partial charge in [0.15, 0.2) is 5.78 Å². The van der Waals surface area contributed by atoms with Gasteiger partial charge in [0.25, 0.3) is 0 Å². The van der Waals surface area contributed by atoms with Gasteiger partial charge in [0, 0.05) is 47.5 Å². The molecule has 0 aromatic rings. The lowest BCUT2D eigenvalue weighted by Crippen LogP contribution is -2.38. The maximum absolute atomic E-state index is 13.7. The monoisotopic (exact) mass is 477 g/mol. The molecule has 0 bridgehead atoms. The molecule has 5 heteroatoms. The minimum Gasteiger partial charge on any atom is -0.496 e. The molecule has 1 heterocycles. The second-order valence-corrected chi connectivity index (χ2v) is 11.0. The Labute approximate surface area is 212 Å². The first kappa shape index (κ1) is 28.6. The lowest BCUT2D eigenvalue weighted by molar-refractivity contribution is -0.112. The van der Waals surface area contributed by atoms with E-state index in [4.69, 9.17) is 4.74 Å². The standard InChI is InChI=1S/C30H43N3O2/c1-22-14-15-24(20-31)11-10-16-32-21-30(6,7)27-19-25(35-18-17-33-29(3,4)5)12-8-9-13-26(27)28(34)23(22)2/h8-9,11,14-15,19,22,32-33H,2,10,12-13,16-18,21H2,1,3-7H3/b9-8?,15-14-,24-11+,25-19+,27-26-. The molecule has 0 amide bonds. The number of carbonyl (C=O) groups is 1. The Morgan fingerprint density at radius 1 is 1.29 bits per heavy atom. The highest BCUT2D eigenvalue weighted by Crippen LogP contribution is 2.35. The van der Waals surface area contributed by atoms with Crippen LogP contribution in [0.15, 0.2) is 71.1 Å². The highest BCUT2D eigenvalue weighted by Gasteiger charge is 2.30. The SMILES string of the molecule is C=C1C(=O)/C2=C(/C=C(/OCCNC(C)(C)C)CC=CC2)C(C)(C)CNCC/C=C(C#N)\C=C/C1C. The van der Waals surface area contributed by atoms with E-state index in [1.54, 1.807) is 6.08 Å². The van der Waals surface area contributed by atoms with E-state index in [9.17, 15) is 10.1 Å². The zero-order valence-electron chi connectivity index (χ0n) is 22.5.